The third kappa shape index (κ3) is 2.35. The minimum Gasteiger partial charge on any atom is -0.158 e. The maximum Gasteiger partial charge on any atom is 0.112 e. The van der Waals surface area contributed by atoms with E-state index in [0.717, 1.165) is 16.7 Å². The van der Waals surface area contributed by atoms with E-state index in [1.165, 1.54) is 0 Å². The summed E-state index contributed by atoms with van der Waals surface area (Å²) in [6.07, 6.45) is 1.70. The van der Waals surface area contributed by atoms with Crippen molar-refractivity contribution in [2.75, 3.05) is 0 Å². The molecule has 3 heteroatoms. The van der Waals surface area contributed by atoms with Gasteiger partial charge in [-0.1, -0.05) is 72.3 Å². The molecule has 0 spiro atoms. The first-order chi connectivity index (χ1) is 9.36. The molecule has 0 aliphatic rings. The van der Waals surface area contributed by atoms with Crippen LogP contribution in [0, 0.1) is 0 Å². The summed E-state index contributed by atoms with van der Waals surface area (Å²) in [5.41, 5.74) is 3.62. The minimum absolute atomic E-state index is 0.632. The van der Waals surface area contributed by atoms with Crippen molar-refractivity contribution >= 4 is 11.6 Å². The fourth-order valence-electron chi connectivity index (χ4n) is 1.97. The molecule has 19 heavy (non-hydrogen) atoms. The van der Waals surface area contributed by atoms with Crippen molar-refractivity contribution in [3.05, 3.63) is 71.9 Å². The highest BCUT2D eigenvalue weighted by atomic mass is 35.5. The fraction of sp³-hybridized carbons (Fsp3) is 0. The van der Waals surface area contributed by atoms with E-state index in [1.807, 2.05) is 60.7 Å². The van der Waals surface area contributed by atoms with Gasteiger partial charge in [-0.15, -0.1) is 5.10 Å². The first-order valence-electron chi connectivity index (χ1n) is 5.98. The van der Waals surface area contributed by atoms with Crippen molar-refractivity contribution in [3.63, 3.8) is 0 Å². The van der Waals surface area contributed by atoms with E-state index in [0.29, 0.717) is 10.7 Å². The molecule has 0 amide bonds. The minimum atomic E-state index is 0.632. The van der Waals surface area contributed by atoms with Gasteiger partial charge in [-0.2, -0.15) is 5.10 Å². The predicted molar refractivity (Wildman–Crippen MR) is 77.9 cm³/mol. The zero-order valence-electron chi connectivity index (χ0n) is 10.1. The van der Waals surface area contributed by atoms with Crippen LogP contribution in [0.5, 0.6) is 0 Å². The summed E-state index contributed by atoms with van der Waals surface area (Å²) < 4.78 is 0. The lowest BCUT2D eigenvalue weighted by Gasteiger charge is -2.07. The van der Waals surface area contributed by atoms with Gasteiger partial charge in [-0.25, -0.2) is 0 Å². The smallest absolute Gasteiger partial charge is 0.112 e. The highest BCUT2D eigenvalue weighted by Gasteiger charge is 2.11. The molecule has 0 saturated carbocycles. The number of aromatic nitrogens is 2. The largest absolute Gasteiger partial charge is 0.158 e. The molecule has 0 fully saturated rings. The Bertz CT molecular complexity index is 624. The SMILES string of the molecule is Clc1c(-c2ccccc2)cnnc1-c1ccccc1. The predicted octanol–water partition coefficient (Wildman–Crippen LogP) is 4.46. The average Bonchev–Trinajstić information content (AvgIpc) is 2.49. The summed E-state index contributed by atoms with van der Waals surface area (Å²) in [6, 6.07) is 19.8. The second kappa shape index (κ2) is 5.21. The van der Waals surface area contributed by atoms with Gasteiger partial charge in [0.05, 0.1) is 11.2 Å². The molecule has 0 aliphatic carbocycles. The molecule has 2 aromatic carbocycles. The Hall–Kier alpha value is -2.19. The maximum atomic E-state index is 6.48. The Morgan fingerprint density at radius 2 is 1.32 bits per heavy atom. The standard InChI is InChI=1S/C16H11ClN2/c17-15-14(12-7-3-1-4-8-12)11-18-19-16(15)13-9-5-2-6-10-13/h1-11H. The van der Waals surface area contributed by atoms with Crippen LogP contribution in [-0.4, -0.2) is 10.2 Å². The number of benzene rings is 2. The summed E-state index contributed by atoms with van der Waals surface area (Å²) in [4.78, 5) is 0. The molecular formula is C16H11ClN2. The Balaban J connectivity index is 2.15. The molecule has 92 valence electrons. The molecule has 0 atom stereocenters. The molecule has 0 N–H and O–H groups in total. The van der Waals surface area contributed by atoms with Crippen LogP contribution in [0.15, 0.2) is 66.9 Å². The Labute approximate surface area is 116 Å². The molecule has 0 saturated heterocycles. The fourth-order valence-corrected chi connectivity index (χ4v) is 2.28. The zero-order valence-corrected chi connectivity index (χ0v) is 10.9. The molecule has 1 aromatic heterocycles. The van der Waals surface area contributed by atoms with Crippen molar-refractivity contribution in [1.82, 2.24) is 10.2 Å². The highest BCUT2D eigenvalue weighted by molar-refractivity contribution is 6.35. The molecule has 3 rings (SSSR count). The summed E-state index contributed by atoms with van der Waals surface area (Å²) in [6.45, 7) is 0. The first kappa shape index (κ1) is 11.9. The molecule has 0 bridgehead atoms. The molecular weight excluding hydrogens is 256 g/mol. The number of halogens is 1. The summed E-state index contributed by atoms with van der Waals surface area (Å²) in [5, 5.41) is 8.85. The molecule has 0 radical (unpaired) electrons. The normalized spacial score (nSPS) is 10.4. The van der Waals surface area contributed by atoms with Gasteiger partial charge in [0.1, 0.15) is 5.69 Å². The number of hydrogen-bond donors (Lipinski definition) is 0. The van der Waals surface area contributed by atoms with Crippen LogP contribution in [0.1, 0.15) is 0 Å². The highest BCUT2D eigenvalue weighted by Crippen LogP contribution is 2.33. The molecule has 0 unspecified atom stereocenters. The lowest BCUT2D eigenvalue weighted by Crippen LogP contribution is -1.91. The van der Waals surface area contributed by atoms with Gasteiger partial charge < -0.3 is 0 Å². The second-order valence-corrected chi connectivity index (χ2v) is 4.53. The zero-order chi connectivity index (χ0) is 13.1. The van der Waals surface area contributed by atoms with E-state index >= 15 is 0 Å². The lowest BCUT2D eigenvalue weighted by atomic mass is 10.1. The number of nitrogens with zero attached hydrogens (tertiary/aromatic N) is 2. The van der Waals surface area contributed by atoms with Gasteiger partial charge in [0.25, 0.3) is 0 Å². The van der Waals surface area contributed by atoms with E-state index in [4.69, 9.17) is 11.6 Å². The van der Waals surface area contributed by atoms with Gasteiger partial charge in [-0.3, -0.25) is 0 Å². The topological polar surface area (TPSA) is 25.8 Å². The van der Waals surface area contributed by atoms with E-state index in [2.05, 4.69) is 10.2 Å². The van der Waals surface area contributed by atoms with Gasteiger partial charge >= 0.3 is 0 Å². The monoisotopic (exact) mass is 266 g/mol. The van der Waals surface area contributed by atoms with E-state index in [1.54, 1.807) is 6.20 Å². The molecule has 2 nitrogen and oxygen atoms in total. The molecule has 1 heterocycles. The molecule has 3 aromatic rings. The van der Waals surface area contributed by atoms with Crippen molar-refractivity contribution in [3.8, 4) is 22.4 Å². The van der Waals surface area contributed by atoms with Crippen LogP contribution in [0.4, 0.5) is 0 Å². The Kier molecular flexibility index (Phi) is 3.25. The van der Waals surface area contributed by atoms with Crippen LogP contribution in [0.25, 0.3) is 22.4 Å². The van der Waals surface area contributed by atoms with Gasteiger partial charge in [0.2, 0.25) is 0 Å². The lowest BCUT2D eigenvalue weighted by molar-refractivity contribution is 1.04. The van der Waals surface area contributed by atoms with Crippen LogP contribution in [-0.2, 0) is 0 Å². The van der Waals surface area contributed by atoms with E-state index in [9.17, 15) is 0 Å². The Morgan fingerprint density at radius 1 is 0.737 bits per heavy atom. The van der Waals surface area contributed by atoms with E-state index in [-0.39, 0.29) is 0 Å². The molecule has 0 aliphatic heterocycles. The average molecular weight is 267 g/mol. The van der Waals surface area contributed by atoms with Crippen LogP contribution < -0.4 is 0 Å². The van der Waals surface area contributed by atoms with Gasteiger partial charge in [0, 0.05) is 11.1 Å². The summed E-state index contributed by atoms with van der Waals surface area (Å²) in [5.74, 6) is 0. The van der Waals surface area contributed by atoms with Crippen molar-refractivity contribution in [1.29, 1.82) is 0 Å². The third-order valence-corrected chi connectivity index (χ3v) is 3.30. The Morgan fingerprint density at radius 3 is 1.95 bits per heavy atom. The van der Waals surface area contributed by atoms with Crippen molar-refractivity contribution in [2.24, 2.45) is 0 Å². The van der Waals surface area contributed by atoms with Crippen LogP contribution >= 0.6 is 11.6 Å². The van der Waals surface area contributed by atoms with Gasteiger partial charge in [0.15, 0.2) is 0 Å². The van der Waals surface area contributed by atoms with Crippen LogP contribution in [0.2, 0.25) is 5.02 Å². The second-order valence-electron chi connectivity index (χ2n) is 4.15. The summed E-state index contributed by atoms with van der Waals surface area (Å²) in [7, 11) is 0. The van der Waals surface area contributed by atoms with Crippen molar-refractivity contribution < 1.29 is 0 Å². The quantitative estimate of drug-likeness (QED) is 0.684. The number of rotatable bonds is 2. The summed E-state index contributed by atoms with van der Waals surface area (Å²) >= 11 is 6.48. The first-order valence-corrected chi connectivity index (χ1v) is 6.36. The third-order valence-electron chi connectivity index (χ3n) is 2.92. The van der Waals surface area contributed by atoms with Gasteiger partial charge in [-0.05, 0) is 5.56 Å². The van der Waals surface area contributed by atoms with Crippen molar-refractivity contribution in [2.45, 2.75) is 0 Å². The number of hydrogen-bond acceptors (Lipinski definition) is 2. The maximum absolute atomic E-state index is 6.48. The van der Waals surface area contributed by atoms with Crippen LogP contribution in [0.3, 0.4) is 0 Å². The van der Waals surface area contributed by atoms with E-state index < -0.39 is 0 Å².